The molecule has 0 spiro atoms. The van der Waals surface area contributed by atoms with Gasteiger partial charge in [0, 0.05) is 29.8 Å². The number of aliphatic carboxylic acids is 1. The summed E-state index contributed by atoms with van der Waals surface area (Å²) in [7, 11) is 0. The number of alkyl halides is 3. The van der Waals surface area contributed by atoms with E-state index in [9.17, 15) is 22.8 Å². The second-order valence-electron chi connectivity index (χ2n) is 5.85. The highest BCUT2D eigenvalue weighted by molar-refractivity contribution is 9.10. The molecule has 1 saturated heterocycles. The SMILES string of the molecule is CC(C)n1cc(Br)cc1C(=O)N1C[C@@H](C(F)(F)F)[C@H](C(=O)O)C1. The van der Waals surface area contributed by atoms with Gasteiger partial charge in [-0.15, -0.1) is 0 Å². The second-order valence-corrected chi connectivity index (χ2v) is 6.76. The average molecular weight is 397 g/mol. The maximum Gasteiger partial charge on any atom is 0.394 e. The van der Waals surface area contributed by atoms with Gasteiger partial charge < -0.3 is 14.6 Å². The van der Waals surface area contributed by atoms with Crippen LogP contribution in [0.4, 0.5) is 13.2 Å². The minimum absolute atomic E-state index is 0.0588. The molecular weight excluding hydrogens is 381 g/mol. The van der Waals surface area contributed by atoms with Crippen LogP contribution in [0, 0.1) is 11.8 Å². The zero-order chi connectivity index (χ0) is 17.5. The molecule has 0 aliphatic carbocycles. The van der Waals surface area contributed by atoms with Crippen LogP contribution in [0.2, 0.25) is 0 Å². The molecule has 1 aliphatic heterocycles. The quantitative estimate of drug-likeness (QED) is 0.853. The van der Waals surface area contributed by atoms with Crippen molar-refractivity contribution in [1.29, 1.82) is 0 Å². The van der Waals surface area contributed by atoms with Gasteiger partial charge in [0.1, 0.15) is 5.69 Å². The van der Waals surface area contributed by atoms with Gasteiger partial charge in [-0.25, -0.2) is 0 Å². The smallest absolute Gasteiger partial charge is 0.394 e. The summed E-state index contributed by atoms with van der Waals surface area (Å²) < 4.78 is 41.3. The van der Waals surface area contributed by atoms with Gasteiger partial charge in [0.2, 0.25) is 0 Å². The summed E-state index contributed by atoms with van der Waals surface area (Å²) in [4.78, 5) is 24.6. The van der Waals surface area contributed by atoms with E-state index in [4.69, 9.17) is 5.11 Å². The number of rotatable bonds is 3. The van der Waals surface area contributed by atoms with Crippen molar-refractivity contribution in [2.75, 3.05) is 13.1 Å². The van der Waals surface area contributed by atoms with E-state index >= 15 is 0 Å². The number of carbonyl (C=O) groups is 2. The largest absolute Gasteiger partial charge is 0.481 e. The predicted octanol–water partition coefficient (Wildman–Crippen LogP) is 3.17. The van der Waals surface area contributed by atoms with Gasteiger partial charge in [0.15, 0.2) is 0 Å². The average Bonchev–Trinajstić information content (AvgIpc) is 3.00. The molecule has 128 valence electrons. The number of carbonyl (C=O) groups excluding carboxylic acids is 1. The molecule has 5 nitrogen and oxygen atoms in total. The Hall–Kier alpha value is -1.51. The Balaban J connectivity index is 2.30. The number of carboxylic acids is 1. The van der Waals surface area contributed by atoms with E-state index in [0.29, 0.717) is 4.47 Å². The number of halogens is 4. The number of likely N-dealkylation sites (tertiary alicyclic amines) is 1. The standard InChI is InChI=1S/C14H16BrF3N2O3/c1-7(2)20-4-8(15)3-11(20)12(21)19-5-9(13(22)23)10(6-19)14(16,17)18/h3-4,7,9-10H,5-6H2,1-2H3,(H,22,23)/t9-,10-/m1/s1. The number of amides is 1. The third kappa shape index (κ3) is 3.54. The van der Waals surface area contributed by atoms with Gasteiger partial charge in [-0.1, -0.05) is 0 Å². The minimum atomic E-state index is -4.65. The summed E-state index contributed by atoms with van der Waals surface area (Å²) in [6.45, 7) is 2.59. The van der Waals surface area contributed by atoms with E-state index in [1.54, 1.807) is 10.8 Å². The number of hydrogen-bond donors (Lipinski definition) is 1. The maximum atomic E-state index is 13.0. The predicted molar refractivity (Wildman–Crippen MR) is 79.1 cm³/mol. The Kier molecular flexibility index (Phi) is 4.79. The van der Waals surface area contributed by atoms with Crippen molar-refractivity contribution in [3.8, 4) is 0 Å². The third-order valence-corrected chi connectivity index (χ3v) is 4.37. The van der Waals surface area contributed by atoms with E-state index in [2.05, 4.69) is 15.9 Å². The van der Waals surface area contributed by atoms with Crippen molar-refractivity contribution in [3.63, 3.8) is 0 Å². The molecule has 2 heterocycles. The van der Waals surface area contributed by atoms with Gasteiger partial charge >= 0.3 is 12.1 Å². The Labute approximate surface area is 139 Å². The lowest BCUT2D eigenvalue weighted by atomic mass is 9.96. The van der Waals surface area contributed by atoms with Crippen molar-refractivity contribution in [2.24, 2.45) is 11.8 Å². The molecule has 1 aliphatic rings. The molecule has 2 atom stereocenters. The highest BCUT2D eigenvalue weighted by Crippen LogP contribution is 2.38. The van der Waals surface area contributed by atoms with Crippen LogP contribution in [-0.2, 0) is 4.79 Å². The van der Waals surface area contributed by atoms with Crippen LogP contribution in [0.25, 0.3) is 0 Å². The summed E-state index contributed by atoms with van der Waals surface area (Å²) in [5.74, 6) is -5.81. The zero-order valence-corrected chi connectivity index (χ0v) is 14.1. The molecule has 9 heteroatoms. The lowest BCUT2D eigenvalue weighted by molar-refractivity contribution is -0.187. The fourth-order valence-corrected chi connectivity index (χ4v) is 3.20. The molecule has 1 aromatic heterocycles. The summed E-state index contributed by atoms with van der Waals surface area (Å²) >= 11 is 3.24. The molecule has 0 aromatic carbocycles. The fraction of sp³-hybridized carbons (Fsp3) is 0.571. The van der Waals surface area contributed by atoms with Gasteiger partial charge in [0.05, 0.1) is 11.8 Å². The first kappa shape index (κ1) is 17.8. The highest BCUT2D eigenvalue weighted by Gasteiger charge is 2.53. The van der Waals surface area contributed by atoms with E-state index in [-0.39, 0.29) is 11.7 Å². The number of aromatic nitrogens is 1. The van der Waals surface area contributed by atoms with Crippen LogP contribution in [0.15, 0.2) is 16.7 Å². The summed E-state index contributed by atoms with van der Waals surface area (Å²) in [6, 6.07) is 1.47. The molecule has 23 heavy (non-hydrogen) atoms. The summed E-state index contributed by atoms with van der Waals surface area (Å²) in [5.41, 5.74) is 0.235. The van der Waals surface area contributed by atoms with Crippen molar-refractivity contribution < 1.29 is 27.9 Å². The third-order valence-electron chi connectivity index (χ3n) is 3.94. The first-order valence-corrected chi connectivity index (χ1v) is 7.77. The van der Waals surface area contributed by atoms with Crippen LogP contribution in [0.1, 0.15) is 30.4 Å². The molecule has 0 unspecified atom stereocenters. The monoisotopic (exact) mass is 396 g/mol. The van der Waals surface area contributed by atoms with Gasteiger partial charge in [-0.2, -0.15) is 13.2 Å². The molecule has 1 aromatic rings. The lowest BCUT2D eigenvalue weighted by Crippen LogP contribution is -2.34. The molecular formula is C14H16BrF3N2O3. The van der Waals surface area contributed by atoms with E-state index in [1.165, 1.54) is 6.07 Å². The molecule has 0 bridgehead atoms. The van der Waals surface area contributed by atoms with Crippen molar-refractivity contribution in [3.05, 3.63) is 22.4 Å². The Morgan fingerprint density at radius 2 is 1.96 bits per heavy atom. The van der Waals surface area contributed by atoms with Crippen molar-refractivity contribution in [2.45, 2.75) is 26.1 Å². The van der Waals surface area contributed by atoms with Gasteiger partial charge in [0.25, 0.3) is 5.91 Å². The molecule has 1 N–H and O–H groups in total. The Bertz CT molecular complexity index is 627. The van der Waals surface area contributed by atoms with Gasteiger partial charge in [-0.3, -0.25) is 9.59 Å². The Morgan fingerprint density at radius 1 is 1.35 bits per heavy atom. The van der Waals surface area contributed by atoms with Crippen LogP contribution in [0.3, 0.4) is 0 Å². The zero-order valence-electron chi connectivity index (χ0n) is 12.5. The van der Waals surface area contributed by atoms with Crippen molar-refractivity contribution >= 4 is 27.8 Å². The summed E-state index contributed by atoms with van der Waals surface area (Å²) in [6.07, 6.45) is -2.98. The van der Waals surface area contributed by atoms with Crippen LogP contribution in [0.5, 0.6) is 0 Å². The number of nitrogens with zero attached hydrogens (tertiary/aromatic N) is 2. The fourth-order valence-electron chi connectivity index (χ4n) is 2.76. The molecule has 1 amide bonds. The maximum absolute atomic E-state index is 13.0. The van der Waals surface area contributed by atoms with Crippen LogP contribution >= 0.6 is 15.9 Å². The lowest BCUT2D eigenvalue weighted by Gasteiger charge is -2.20. The molecule has 1 fully saturated rings. The van der Waals surface area contributed by atoms with E-state index in [0.717, 1.165) is 4.90 Å². The van der Waals surface area contributed by atoms with Crippen LogP contribution in [-0.4, -0.2) is 45.7 Å². The van der Waals surface area contributed by atoms with Crippen molar-refractivity contribution in [1.82, 2.24) is 9.47 Å². The molecule has 2 rings (SSSR count). The minimum Gasteiger partial charge on any atom is -0.481 e. The molecule has 0 radical (unpaired) electrons. The van der Waals surface area contributed by atoms with Gasteiger partial charge in [-0.05, 0) is 35.8 Å². The molecule has 0 saturated carbocycles. The topological polar surface area (TPSA) is 62.5 Å². The Morgan fingerprint density at radius 3 is 2.39 bits per heavy atom. The normalized spacial score (nSPS) is 22.0. The first-order valence-electron chi connectivity index (χ1n) is 6.98. The van der Waals surface area contributed by atoms with Crippen LogP contribution < -0.4 is 0 Å². The summed E-state index contributed by atoms with van der Waals surface area (Å²) in [5, 5.41) is 9.01. The first-order chi connectivity index (χ1) is 10.5. The van der Waals surface area contributed by atoms with E-state index in [1.807, 2.05) is 13.8 Å². The second kappa shape index (κ2) is 6.18. The van der Waals surface area contributed by atoms with E-state index < -0.39 is 43.0 Å². The highest BCUT2D eigenvalue weighted by atomic mass is 79.9. The number of hydrogen-bond acceptors (Lipinski definition) is 2. The number of carboxylic acid groups (broad SMARTS) is 1.